The number of hydrogen-bond acceptors (Lipinski definition) is 2. The molecule has 21 heavy (non-hydrogen) atoms. The SMILES string of the molecule is Cc1cccc(C2NCCc3c2[nH]c2ccc(O)cc32)c1. The number of aryl methyl sites for hydroxylation is 1. The van der Waals surface area contributed by atoms with Crippen molar-refractivity contribution in [2.24, 2.45) is 0 Å². The van der Waals surface area contributed by atoms with E-state index in [1.807, 2.05) is 12.1 Å². The van der Waals surface area contributed by atoms with Gasteiger partial charge < -0.3 is 15.4 Å². The van der Waals surface area contributed by atoms with Crippen molar-refractivity contribution >= 4 is 10.9 Å². The highest BCUT2D eigenvalue weighted by Gasteiger charge is 2.25. The molecular formula is C18H18N2O. The Balaban J connectivity index is 1.90. The number of H-pyrrole nitrogens is 1. The second-order valence-electron chi connectivity index (χ2n) is 5.80. The molecule has 2 heterocycles. The summed E-state index contributed by atoms with van der Waals surface area (Å²) in [5, 5.41) is 14.5. The second kappa shape index (κ2) is 4.64. The first-order valence-electron chi connectivity index (χ1n) is 7.36. The molecule has 0 amide bonds. The number of aromatic nitrogens is 1. The van der Waals surface area contributed by atoms with Gasteiger partial charge in [-0.25, -0.2) is 0 Å². The molecule has 0 bridgehead atoms. The van der Waals surface area contributed by atoms with Crippen LogP contribution >= 0.6 is 0 Å². The fourth-order valence-electron chi connectivity index (χ4n) is 3.35. The van der Waals surface area contributed by atoms with Gasteiger partial charge in [0.1, 0.15) is 5.75 Å². The molecule has 106 valence electrons. The zero-order valence-electron chi connectivity index (χ0n) is 12.0. The van der Waals surface area contributed by atoms with Crippen LogP contribution in [0.15, 0.2) is 42.5 Å². The van der Waals surface area contributed by atoms with Crippen molar-refractivity contribution in [1.29, 1.82) is 0 Å². The van der Waals surface area contributed by atoms with E-state index in [0.717, 1.165) is 23.9 Å². The molecule has 2 aromatic carbocycles. The summed E-state index contributed by atoms with van der Waals surface area (Å²) in [5.74, 6) is 0.329. The summed E-state index contributed by atoms with van der Waals surface area (Å²) >= 11 is 0. The first-order chi connectivity index (χ1) is 10.2. The summed E-state index contributed by atoms with van der Waals surface area (Å²) in [6.07, 6.45) is 0.987. The predicted molar refractivity (Wildman–Crippen MR) is 84.7 cm³/mol. The largest absolute Gasteiger partial charge is 0.508 e. The molecule has 1 aromatic heterocycles. The molecule has 1 unspecified atom stereocenters. The third kappa shape index (κ3) is 2.01. The van der Waals surface area contributed by atoms with Crippen LogP contribution in [0.2, 0.25) is 0 Å². The zero-order chi connectivity index (χ0) is 14.4. The van der Waals surface area contributed by atoms with Gasteiger partial charge in [0.2, 0.25) is 0 Å². The molecule has 3 heteroatoms. The lowest BCUT2D eigenvalue weighted by atomic mass is 9.93. The molecule has 1 atom stereocenters. The van der Waals surface area contributed by atoms with Crippen molar-refractivity contribution < 1.29 is 5.11 Å². The van der Waals surface area contributed by atoms with E-state index in [4.69, 9.17) is 0 Å². The quantitative estimate of drug-likeness (QED) is 0.639. The number of aromatic amines is 1. The average Bonchev–Trinajstić information content (AvgIpc) is 2.85. The maximum atomic E-state index is 9.74. The van der Waals surface area contributed by atoms with Gasteiger partial charge in [-0.2, -0.15) is 0 Å². The third-order valence-electron chi connectivity index (χ3n) is 4.31. The number of aromatic hydroxyl groups is 1. The standard InChI is InChI=1S/C18H18N2O/c1-11-3-2-4-12(9-11)17-18-14(7-8-19-17)15-10-13(21)5-6-16(15)20-18/h2-6,9-10,17,19-21H,7-8H2,1H3. The van der Waals surface area contributed by atoms with E-state index in [-0.39, 0.29) is 6.04 Å². The fourth-order valence-corrected chi connectivity index (χ4v) is 3.35. The Morgan fingerprint density at radius 2 is 2.05 bits per heavy atom. The maximum absolute atomic E-state index is 9.74. The maximum Gasteiger partial charge on any atom is 0.116 e. The summed E-state index contributed by atoms with van der Waals surface area (Å²) in [6.45, 7) is 3.07. The number of fused-ring (bicyclic) bond motifs is 3. The normalized spacial score (nSPS) is 17.9. The van der Waals surface area contributed by atoms with E-state index in [1.165, 1.54) is 22.4 Å². The Labute approximate surface area is 123 Å². The molecule has 3 nitrogen and oxygen atoms in total. The van der Waals surface area contributed by atoms with Gasteiger partial charge in [0.25, 0.3) is 0 Å². The van der Waals surface area contributed by atoms with Gasteiger partial charge in [0.05, 0.1) is 6.04 Å². The molecule has 1 aliphatic heterocycles. The van der Waals surface area contributed by atoms with E-state index in [0.29, 0.717) is 5.75 Å². The minimum Gasteiger partial charge on any atom is -0.508 e. The van der Waals surface area contributed by atoms with Crippen LogP contribution in [-0.2, 0) is 6.42 Å². The molecule has 0 aliphatic carbocycles. The third-order valence-corrected chi connectivity index (χ3v) is 4.31. The van der Waals surface area contributed by atoms with Crippen molar-refractivity contribution in [3.05, 3.63) is 64.8 Å². The lowest BCUT2D eigenvalue weighted by molar-refractivity contribution is 0.476. The molecule has 0 fully saturated rings. The van der Waals surface area contributed by atoms with E-state index in [9.17, 15) is 5.11 Å². The Hall–Kier alpha value is -2.26. The van der Waals surface area contributed by atoms with Crippen molar-refractivity contribution in [2.75, 3.05) is 6.54 Å². The average molecular weight is 278 g/mol. The van der Waals surface area contributed by atoms with Gasteiger partial charge in [0.15, 0.2) is 0 Å². The van der Waals surface area contributed by atoms with Crippen LogP contribution in [0.1, 0.15) is 28.4 Å². The predicted octanol–water partition coefficient (Wildman–Crippen LogP) is 3.42. The minimum atomic E-state index is 0.197. The number of phenolic OH excluding ortho intramolecular Hbond substituents is 1. The highest BCUT2D eigenvalue weighted by molar-refractivity contribution is 5.86. The lowest BCUT2D eigenvalue weighted by Crippen LogP contribution is -2.30. The number of hydrogen-bond donors (Lipinski definition) is 3. The van der Waals surface area contributed by atoms with Gasteiger partial charge in [0, 0.05) is 23.1 Å². The van der Waals surface area contributed by atoms with E-state index in [2.05, 4.69) is 41.5 Å². The van der Waals surface area contributed by atoms with Crippen molar-refractivity contribution in [1.82, 2.24) is 10.3 Å². The monoisotopic (exact) mass is 278 g/mol. The summed E-state index contributed by atoms with van der Waals surface area (Å²) in [7, 11) is 0. The molecular weight excluding hydrogens is 260 g/mol. The Bertz CT molecular complexity index is 819. The molecule has 3 aromatic rings. The Morgan fingerprint density at radius 3 is 2.90 bits per heavy atom. The zero-order valence-corrected chi connectivity index (χ0v) is 12.0. The topological polar surface area (TPSA) is 48.0 Å². The van der Waals surface area contributed by atoms with Gasteiger partial charge in [-0.05, 0) is 42.7 Å². The van der Waals surface area contributed by atoms with E-state index < -0.39 is 0 Å². The van der Waals surface area contributed by atoms with Crippen LogP contribution in [0.25, 0.3) is 10.9 Å². The first kappa shape index (κ1) is 12.5. The molecule has 1 aliphatic rings. The smallest absolute Gasteiger partial charge is 0.116 e. The van der Waals surface area contributed by atoms with Crippen LogP contribution in [0.4, 0.5) is 0 Å². The number of phenols is 1. The van der Waals surface area contributed by atoms with Crippen LogP contribution in [-0.4, -0.2) is 16.6 Å². The van der Waals surface area contributed by atoms with Crippen LogP contribution in [0.3, 0.4) is 0 Å². The van der Waals surface area contributed by atoms with Gasteiger partial charge >= 0.3 is 0 Å². The second-order valence-corrected chi connectivity index (χ2v) is 5.80. The lowest BCUT2D eigenvalue weighted by Gasteiger charge is -2.25. The van der Waals surface area contributed by atoms with Gasteiger partial charge in [-0.1, -0.05) is 29.8 Å². The highest BCUT2D eigenvalue weighted by Crippen LogP contribution is 2.34. The summed E-state index contributed by atoms with van der Waals surface area (Å²) in [4.78, 5) is 3.54. The minimum absolute atomic E-state index is 0.197. The number of benzene rings is 2. The van der Waals surface area contributed by atoms with Crippen LogP contribution in [0, 0.1) is 6.92 Å². The molecule has 4 rings (SSSR count). The van der Waals surface area contributed by atoms with Crippen molar-refractivity contribution in [3.8, 4) is 5.75 Å². The molecule has 0 saturated heterocycles. The van der Waals surface area contributed by atoms with Crippen molar-refractivity contribution in [3.63, 3.8) is 0 Å². The van der Waals surface area contributed by atoms with Crippen LogP contribution in [0.5, 0.6) is 5.75 Å². The van der Waals surface area contributed by atoms with Crippen LogP contribution < -0.4 is 5.32 Å². The Morgan fingerprint density at radius 1 is 1.14 bits per heavy atom. The van der Waals surface area contributed by atoms with Gasteiger partial charge in [-0.3, -0.25) is 0 Å². The fraction of sp³-hybridized carbons (Fsp3) is 0.222. The molecule has 0 radical (unpaired) electrons. The summed E-state index contributed by atoms with van der Waals surface area (Å²) in [5.41, 5.74) is 6.21. The van der Waals surface area contributed by atoms with E-state index >= 15 is 0 Å². The molecule has 0 saturated carbocycles. The molecule has 0 spiro atoms. The first-order valence-corrected chi connectivity index (χ1v) is 7.36. The molecule has 3 N–H and O–H groups in total. The summed E-state index contributed by atoms with van der Waals surface area (Å²) < 4.78 is 0. The van der Waals surface area contributed by atoms with E-state index in [1.54, 1.807) is 6.07 Å². The number of nitrogens with one attached hydrogen (secondary N) is 2. The number of rotatable bonds is 1. The Kier molecular flexibility index (Phi) is 2.76. The van der Waals surface area contributed by atoms with Crippen molar-refractivity contribution in [2.45, 2.75) is 19.4 Å². The summed E-state index contributed by atoms with van der Waals surface area (Å²) in [6, 6.07) is 14.4. The van der Waals surface area contributed by atoms with Gasteiger partial charge in [-0.15, -0.1) is 0 Å². The highest BCUT2D eigenvalue weighted by atomic mass is 16.3.